The van der Waals surface area contributed by atoms with Crippen molar-refractivity contribution >= 4 is 15.8 Å². The number of pyridine rings is 1. The monoisotopic (exact) mass is 294 g/mol. The molecule has 1 atom stereocenters. The van der Waals surface area contributed by atoms with Crippen molar-refractivity contribution in [1.82, 2.24) is 9.71 Å². The van der Waals surface area contributed by atoms with Crippen LogP contribution in [0.15, 0.2) is 18.3 Å². The fourth-order valence-corrected chi connectivity index (χ4v) is 2.89. The van der Waals surface area contributed by atoms with Crippen LogP contribution in [0.2, 0.25) is 0 Å². The van der Waals surface area contributed by atoms with E-state index in [0.29, 0.717) is 12.1 Å². The summed E-state index contributed by atoms with van der Waals surface area (Å²) >= 11 is 0. The van der Waals surface area contributed by atoms with Gasteiger partial charge in [-0.15, -0.1) is 0 Å². The number of hydrogen-bond acceptors (Lipinski definition) is 5. The summed E-state index contributed by atoms with van der Waals surface area (Å²) < 4.78 is 24.8. The van der Waals surface area contributed by atoms with Crippen molar-refractivity contribution in [2.75, 3.05) is 30.8 Å². The molecule has 0 radical (unpaired) electrons. The average molecular weight is 294 g/mol. The smallest absolute Gasteiger partial charge is 0.208 e. The number of nitrogens with zero attached hydrogens (tertiary/aromatic N) is 3. The number of aromatic nitrogens is 1. The van der Waals surface area contributed by atoms with Gasteiger partial charge in [0.15, 0.2) is 0 Å². The van der Waals surface area contributed by atoms with Gasteiger partial charge in [0.2, 0.25) is 10.0 Å². The fourth-order valence-electron chi connectivity index (χ4n) is 2.35. The van der Waals surface area contributed by atoms with Crippen LogP contribution < -0.4 is 9.62 Å². The second-order valence-corrected chi connectivity index (χ2v) is 6.92. The maximum atomic E-state index is 11.1. The quantitative estimate of drug-likeness (QED) is 0.884. The number of sulfonamides is 1. The fraction of sp³-hybridized carbons (Fsp3) is 0.538. The SMILES string of the molecule is CS(=O)(=O)NC[C@H]1CCCN(c2ccc(C#N)cn2)C1. The second-order valence-electron chi connectivity index (χ2n) is 5.09. The summed E-state index contributed by atoms with van der Waals surface area (Å²) in [6.07, 6.45) is 4.76. The highest BCUT2D eigenvalue weighted by Crippen LogP contribution is 2.21. The molecular weight excluding hydrogens is 276 g/mol. The van der Waals surface area contributed by atoms with Gasteiger partial charge in [-0.25, -0.2) is 18.1 Å². The van der Waals surface area contributed by atoms with Crippen LogP contribution in [0.4, 0.5) is 5.82 Å². The number of hydrogen-bond donors (Lipinski definition) is 1. The Kier molecular flexibility index (Phi) is 4.57. The van der Waals surface area contributed by atoms with E-state index in [2.05, 4.69) is 14.6 Å². The van der Waals surface area contributed by atoms with Gasteiger partial charge in [0.1, 0.15) is 11.9 Å². The van der Waals surface area contributed by atoms with Crippen LogP contribution in [0, 0.1) is 17.2 Å². The molecular formula is C13H18N4O2S. The molecule has 0 saturated carbocycles. The molecule has 0 bridgehead atoms. The van der Waals surface area contributed by atoms with Gasteiger partial charge in [-0.05, 0) is 30.9 Å². The Bertz CT molecular complexity index is 592. The number of nitrogens with one attached hydrogen (secondary N) is 1. The van der Waals surface area contributed by atoms with Gasteiger partial charge in [0, 0.05) is 25.8 Å². The molecule has 1 aromatic heterocycles. The first-order valence-electron chi connectivity index (χ1n) is 6.53. The Hall–Kier alpha value is -1.65. The molecule has 1 aliphatic heterocycles. The molecule has 0 spiro atoms. The summed E-state index contributed by atoms with van der Waals surface area (Å²) in [6.45, 7) is 2.15. The topological polar surface area (TPSA) is 86.1 Å². The van der Waals surface area contributed by atoms with Crippen LogP contribution in [-0.2, 0) is 10.0 Å². The van der Waals surface area contributed by atoms with Crippen LogP contribution in [-0.4, -0.2) is 39.3 Å². The standard InChI is InChI=1S/C13H18N4O2S/c1-20(18,19)16-9-12-3-2-6-17(10-12)13-5-4-11(7-14)8-15-13/h4-5,8,12,16H,2-3,6,9-10H2,1H3/t12-/m1/s1. The molecule has 1 saturated heterocycles. The highest BCUT2D eigenvalue weighted by atomic mass is 32.2. The first-order chi connectivity index (χ1) is 9.48. The summed E-state index contributed by atoms with van der Waals surface area (Å²) in [6, 6.07) is 5.63. The minimum Gasteiger partial charge on any atom is -0.356 e. The molecule has 0 aliphatic carbocycles. The molecule has 2 rings (SSSR count). The number of piperidine rings is 1. The molecule has 6 nitrogen and oxygen atoms in total. The van der Waals surface area contributed by atoms with Crippen LogP contribution in [0.25, 0.3) is 0 Å². The Morgan fingerprint density at radius 3 is 2.95 bits per heavy atom. The first kappa shape index (κ1) is 14.8. The van der Waals surface area contributed by atoms with Gasteiger partial charge in [-0.3, -0.25) is 0 Å². The summed E-state index contributed by atoms with van der Waals surface area (Å²) in [5, 5.41) is 8.76. The lowest BCUT2D eigenvalue weighted by Gasteiger charge is -2.33. The third kappa shape index (κ3) is 4.18. The van der Waals surface area contributed by atoms with Crippen molar-refractivity contribution in [2.24, 2.45) is 5.92 Å². The van der Waals surface area contributed by atoms with Crippen LogP contribution in [0.1, 0.15) is 18.4 Å². The lowest BCUT2D eigenvalue weighted by atomic mass is 9.98. The third-order valence-corrected chi connectivity index (χ3v) is 4.05. The Labute approximate surface area is 119 Å². The van der Waals surface area contributed by atoms with Crippen LogP contribution in [0.3, 0.4) is 0 Å². The molecule has 7 heteroatoms. The summed E-state index contributed by atoms with van der Waals surface area (Å²) in [7, 11) is -3.13. The minimum absolute atomic E-state index is 0.288. The molecule has 0 aromatic carbocycles. The van der Waals surface area contributed by atoms with Gasteiger partial charge in [-0.1, -0.05) is 0 Å². The Morgan fingerprint density at radius 1 is 1.55 bits per heavy atom. The predicted octanol–water partition coefficient (Wildman–Crippen LogP) is 0.719. The van der Waals surface area contributed by atoms with E-state index in [0.717, 1.165) is 31.7 Å². The van der Waals surface area contributed by atoms with E-state index in [1.165, 1.54) is 6.26 Å². The van der Waals surface area contributed by atoms with E-state index >= 15 is 0 Å². The molecule has 1 aliphatic rings. The molecule has 1 fully saturated rings. The molecule has 0 amide bonds. The van der Waals surface area contributed by atoms with Gasteiger partial charge in [0.25, 0.3) is 0 Å². The summed E-state index contributed by atoms with van der Waals surface area (Å²) in [5.74, 6) is 1.13. The van der Waals surface area contributed by atoms with Crippen molar-refractivity contribution in [1.29, 1.82) is 5.26 Å². The lowest BCUT2D eigenvalue weighted by molar-refractivity contribution is 0.409. The Balaban J connectivity index is 1.97. The van der Waals surface area contributed by atoms with E-state index in [9.17, 15) is 8.42 Å². The van der Waals surface area contributed by atoms with E-state index in [1.807, 2.05) is 12.1 Å². The van der Waals surface area contributed by atoms with Crippen molar-refractivity contribution in [2.45, 2.75) is 12.8 Å². The van der Waals surface area contributed by atoms with Crippen molar-refractivity contribution in [3.05, 3.63) is 23.9 Å². The minimum atomic E-state index is -3.13. The number of anilines is 1. The summed E-state index contributed by atoms with van der Waals surface area (Å²) in [4.78, 5) is 6.42. The largest absolute Gasteiger partial charge is 0.356 e. The number of nitriles is 1. The van der Waals surface area contributed by atoms with E-state index in [1.54, 1.807) is 12.3 Å². The number of rotatable bonds is 4. The average Bonchev–Trinajstić information content (AvgIpc) is 2.45. The van der Waals surface area contributed by atoms with Crippen molar-refractivity contribution in [3.8, 4) is 6.07 Å². The molecule has 20 heavy (non-hydrogen) atoms. The van der Waals surface area contributed by atoms with Gasteiger partial charge in [-0.2, -0.15) is 5.26 Å². The highest BCUT2D eigenvalue weighted by molar-refractivity contribution is 7.88. The highest BCUT2D eigenvalue weighted by Gasteiger charge is 2.21. The van der Waals surface area contributed by atoms with Gasteiger partial charge >= 0.3 is 0 Å². The lowest BCUT2D eigenvalue weighted by Crippen LogP contribution is -2.41. The molecule has 1 aromatic rings. The van der Waals surface area contributed by atoms with E-state index in [-0.39, 0.29) is 5.92 Å². The van der Waals surface area contributed by atoms with Gasteiger partial charge in [0.05, 0.1) is 11.8 Å². The van der Waals surface area contributed by atoms with Crippen LogP contribution in [0.5, 0.6) is 0 Å². The molecule has 0 unspecified atom stereocenters. The maximum absolute atomic E-state index is 11.1. The zero-order chi connectivity index (χ0) is 14.6. The Morgan fingerprint density at radius 2 is 2.35 bits per heavy atom. The maximum Gasteiger partial charge on any atom is 0.208 e. The van der Waals surface area contributed by atoms with Gasteiger partial charge < -0.3 is 4.90 Å². The molecule has 108 valence electrons. The van der Waals surface area contributed by atoms with E-state index < -0.39 is 10.0 Å². The molecule has 1 N–H and O–H groups in total. The van der Waals surface area contributed by atoms with Crippen molar-refractivity contribution < 1.29 is 8.42 Å². The predicted molar refractivity (Wildman–Crippen MR) is 76.7 cm³/mol. The normalized spacial score (nSPS) is 19.6. The van der Waals surface area contributed by atoms with E-state index in [4.69, 9.17) is 5.26 Å². The zero-order valence-corrected chi connectivity index (χ0v) is 12.2. The second kappa shape index (κ2) is 6.20. The first-order valence-corrected chi connectivity index (χ1v) is 8.43. The molecule has 2 heterocycles. The van der Waals surface area contributed by atoms with Crippen molar-refractivity contribution in [3.63, 3.8) is 0 Å². The third-order valence-electron chi connectivity index (χ3n) is 3.35. The van der Waals surface area contributed by atoms with Crippen LogP contribution >= 0.6 is 0 Å². The summed E-state index contributed by atoms with van der Waals surface area (Å²) in [5.41, 5.74) is 0.543. The zero-order valence-electron chi connectivity index (χ0n) is 11.4.